The van der Waals surface area contributed by atoms with Crippen LogP contribution in [0.15, 0.2) is 24.3 Å². The first-order valence-corrected chi connectivity index (χ1v) is 7.54. The van der Waals surface area contributed by atoms with Crippen molar-refractivity contribution in [2.75, 3.05) is 32.8 Å². The second-order valence-electron chi connectivity index (χ2n) is 6.28. The summed E-state index contributed by atoms with van der Waals surface area (Å²) in [6.45, 7) is 4.87. The Hall–Kier alpha value is -1.24. The van der Waals surface area contributed by atoms with Crippen molar-refractivity contribution in [1.29, 1.82) is 0 Å². The van der Waals surface area contributed by atoms with Crippen molar-refractivity contribution >= 4 is 0 Å². The van der Waals surface area contributed by atoms with Gasteiger partial charge in [-0.05, 0) is 17.7 Å². The van der Waals surface area contributed by atoms with Crippen molar-refractivity contribution < 1.29 is 18.6 Å². The van der Waals surface area contributed by atoms with Crippen LogP contribution in [-0.4, -0.2) is 49.4 Å². The van der Waals surface area contributed by atoms with E-state index >= 15 is 0 Å². The maximum Gasteiger partial charge on any atom is 0.387 e. The number of piperazine rings is 1. The van der Waals surface area contributed by atoms with Gasteiger partial charge in [-0.1, -0.05) is 26.0 Å². The zero-order chi connectivity index (χ0) is 16.2. The summed E-state index contributed by atoms with van der Waals surface area (Å²) >= 11 is 0. The fourth-order valence-electron chi connectivity index (χ4n) is 3.01. The van der Waals surface area contributed by atoms with Crippen molar-refractivity contribution in [2.45, 2.75) is 26.5 Å². The molecule has 2 N–H and O–H groups in total. The van der Waals surface area contributed by atoms with Gasteiger partial charge in [0.15, 0.2) is 0 Å². The molecule has 1 aromatic rings. The summed E-state index contributed by atoms with van der Waals surface area (Å²) in [5.74, 6) is 0.152. The Morgan fingerprint density at radius 1 is 1.23 bits per heavy atom. The third-order valence-electron chi connectivity index (χ3n) is 4.09. The van der Waals surface area contributed by atoms with Gasteiger partial charge in [0.1, 0.15) is 5.75 Å². The highest BCUT2D eigenvalue weighted by Gasteiger charge is 2.35. The van der Waals surface area contributed by atoms with Gasteiger partial charge in [0.2, 0.25) is 0 Å². The smallest absolute Gasteiger partial charge is 0.387 e. The van der Waals surface area contributed by atoms with E-state index in [4.69, 9.17) is 0 Å². The van der Waals surface area contributed by atoms with E-state index in [1.165, 1.54) is 0 Å². The average Bonchev–Trinajstić information content (AvgIpc) is 2.49. The van der Waals surface area contributed by atoms with Crippen LogP contribution >= 0.6 is 0 Å². The van der Waals surface area contributed by atoms with Crippen LogP contribution < -0.4 is 10.1 Å². The molecule has 1 aliphatic heterocycles. The van der Waals surface area contributed by atoms with Crippen LogP contribution in [0.4, 0.5) is 8.78 Å². The molecule has 4 nitrogen and oxygen atoms in total. The molecule has 0 aromatic heterocycles. The van der Waals surface area contributed by atoms with Crippen LogP contribution in [0.3, 0.4) is 0 Å². The third-order valence-corrected chi connectivity index (χ3v) is 4.09. The largest absolute Gasteiger partial charge is 0.435 e. The highest BCUT2D eigenvalue weighted by molar-refractivity contribution is 5.30. The molecule has 1 atom stereocenters. The zero-order valence-electron chi connectivity index (χ0n) is 13.1. The molecule has 0 bridgehead atoms. The maximum atomic E-state index is 12.2. The molecule has 1 fully saturated rings. The van der Waals surface area contributed by atoms with Gasteiger partial charge in [0.05, 0.1) is 0 Å². The Labute approximate surface area is 130 Å². The Balaban J connectivity index is 2.24. The van der Waals surface area contributed by atoms with Gasteiger partial charge in [-0.3, -0.25) is 4.90 Å². The van der Waals surface area contributed by atoms with Gasteiger partial charge in [-0.2, -0.15) is 8.78 Å². The zero-order valence-corrected chi connectivity index (χ0v) is 13.1. The third kappa shape index (κ3) is 4.15. The maximum absolute atomic E-state index is 12.2. The molecule has 22 heavy (non-hydrogen) atoms. The Kier molecular flexibility index (Phi) is 5.72. The van der Waals surface area contributed by atoms with Gasteiger partial charge in [0.25, 0.3) is 0 Å². The number of hydrogen-bond donors (Lipinski definition) is 2. The number of hydrogen-bond acceptors (Lipinski definition) is 4. The number of benzene rings is 1. The number of halogens is 2. The number of aliphatic hydroxyl groups excluding tert-OH is 1. The van der Waals surface area contributed by atoms with E-state index in [9.17, 15) is 13.9 Å². The summed E-state index contributed by atoms with van der Waals surface area (Å²) in [7, 11) is 0. The van der Waals surface area contributed by atoms with Crippen molar-refractivity contribution in [3.05, 3.63) is 29.8 Å². The second-order valence-corrected chi connectivity index (χ2v) is 6.28. The lowest BCUT2D eigenvalue weighted by molar-refractivity contribution is -0.0499. The SMILES string of the molecule is CC(C)(CO)[C@H](c1ccc(OC(F)F)cc1)N1CCNCC1. The molecule has 2 rings (SSSR count). The van der Waals surface area contributed by atoms with Gasteiger partial charge in [-0.25, -0.2) is 0 Å². The van der Waals surface area contributed by atoms with Crippen LogP contribution in [0.1, 0.15) is 25.5 Å². The highest BCUT2D eigenvalue weighted by atomic mass is 19.3. The van der Waals surface area contributed by atoms with E-state index in [1.807, 2.05) is 26.0 Å². The van der Waals surface area contributed by atoms with Gasteiger partial charge in [0, 0.05) is 44.2 Å². The fourth-order valence-corrected chi connectivity index (χ4v) is 3.01. The van der Waals surface area contributed by atoms with Crippen LogP contribution in [-0.2, 0) is 0 Å². The molecule has 0 radical (unpaired) electrons. The summed E-state index contributed by atoms with van der Waals surface area (Å²) < 4.78 is 28.9. The molecular weight excluding hydrogens is 290 g/mol. The predicted octanol–water partition coefficient (Wildman–Crippen LogP) is 2.25. The number of nitrogens with zero attached hydrogens (tertiary/aromatic N) is 1. The van der Waals surface area contributed by atoms with Crippen molar-refractivity contribution in [2.24, 2.45) is 5.41 Å². The standard InChI is InChI=1S/C16H24F2N2O2/c1-16(2,11-21)14(20-9-7-19-8-10-20)12-3-5-13(6-4-12)22-15(17)18/h3-6,14-15,19,21H,7-11H2,1-2H3/t14-/m0/s1. The summed E-state index contributed by atoms with van der Waals surface area (Å²) in [6.07, 6.45) is 0. The molecular formula is C16H24F2N2O2. The van der Waals surface area contributed by atoms with E-state index in [0.717, 1.165) is 31.7 Å². The minimum atomic E-state index is -2.82. The molecule has 0 aliphatic carbocycles. The van der Waals surface area contributed by atoms with Crippen LogP contribution in [0.25, 0.3) is 0 Å². The van der Waals surface area contributed by atoms with E-state index in [2.05, 4.69) is 15.0 Å². The molecule has 1 aliphatic rings. The molecule has 0 unspecified atom stereocenters. The minimum absolute atomic E-state index is 0.0280. The topological polar surface area (TPSA) is 44.7 Å². The molecule has 0 saturated carbocycles. The lowest BCUT2D eigenvalue weighted by atomic mass is 9.79. The van der Waals surface area contributed by atoms with Crippen molar-refractivity contribution in [3.8, 4) is 5.75 Å². The summed E-state index contributed by atoms with van der Waals surface area (Å²) in [6, 6.07) is 6.76. The molecule has 1 heterocycles. The quantitative estimate of drug-likeness (QED) is 0.845. The minimum Gasteiger partial charge on any atom is -0.435 e. The number of ether oxygens (including phenoxy) is 1. The molecule has 0 spiro atoms. The predicted molar refractivity (Wildman–Crippen MR) is 81.1 cm³/mol. The van der Waals surface area contributed by atoms with Crippen LogP contribution in [0.5, 0.6) is 5.75 Å². The monoisotopic (exact) mass is 314 g/mol. The number of rotatable bonds is 6. The van der Waals surface area contributed by atoms with Gasteiger partial charge >= 0.3 is 6.61 Å². The van der Waals surface area contributed by atoms with E-state index in [1.54, 1.807) is 12.1 Å². The highest BCUT2D eigenvalue weighted by Crippen LogP contribution is 2.38. The summed E-state index contributed by atoms with van der Waals surface area (Å²) in [4.78, 5) is 2.33. The lowest BCUT2D eigenvalue weighted by Gasteiger charge is -2.43. The number of alkyl halides is 2. The first kappa shape index (κ1) is 17.1. The fraction of sp³-hybridized carbons (Fsp3) is 0.625. The lowest BCUT2D eigenvalue weighted by Crippen LogP contribution is -2.49. The summed E-state index contributed by atoms with van der Waals surface area (Å²) in [5, 5.41) is 13.1. The molecule has 1 saturated heterocycles. The molecule has 0 amide bonds. The number of aliphatic hydroxyl groups is 1. The first-order valence-electron chi connectivity index (χ1n) is 7.54. The Morgan fingerprint density at radius 3 is 2.32 bits per heavy atom. The second kappa shape index (κ2) is 7.35. The molecule has 1 aromatic carbocycles. The Morgan fingerprint density at radius 2 is 1.82 bits per heavy atom. The normalized spacial score (nSPS) is 18.5. The van der Waals surface area contributed by atoms with Crippen LogP contribution in [0, 0.1) is 5.41 Å². The van der Waals surface area contributed by atoms with Crippen molar-refractivity contribution in [1.82, 2.24) is 10.2 Å². The van der Waals surface area contributed by atoms with E-state index in [-0.39, 0.29) is 23.8 Å². The van der Waals surface area contributed by atoms with Crippen LogP contribution in [0.2, 0.25) is 0 Å². The van der Waals surface area contributed by atoms with Gasteiger partial charge < -0.3 is 15.2 Å². The first-order chi connectivity index (χ1) is 10.4. The summed E-state index contributed by atoms with van der Waals surface area (Å²) in [5.41, 5.74) is 0.671. The average molecular weight is 314 g/mol. The van der Waals surface area contributed by atoms with E-state index in [0.29, 0.717) is 0 Å². The van der Waals surface area contributed by atoms with E-state index < -0.39 is 6.61 Å². The van der Waals surface area contributed by atoms with Crippen molar-refractivity contribution in [3.63, 3.8) is 0 Å². The molecule has 6 heteroatoms. The number of nitrogens with one attached hydrogen (secondary N) is 1. The molecule has 124 valence electrons. The van der Waals surface area contributed by atoms with Gasteiger partial charge in [-0.15, -0.1) is 0 Å². The Bertz CT molecular complexity index is 460.